The number of aryl methyl sites for hydroxylation is 1. The van der Waals surface area contributed by atoms with Crippen molar-refractivity contribution in [2.75, 3.05) is 12.4 Å². The highest BCUT2D eigenvalue weighted by atomic mass is 32.1. The zero-order chi connectivity index (χ0) is 22.9. The Hall–Kier alpha value is -3.89. The van der Waals surface area contributed by atoms with Gasteiger partial charge in [0.15, 0.2) is 10.9 Å². The van der Waals surface area contributed by atoms with E-state index in [1.165, 1.54) is 18.4 Å². The average molecular weight is 475 g/mol. The summed E-state index contributed by atoms with van der Waals surface area (Å²) in [6, 6.07) is 19.0. The highest BCUT2D eigenvalue weighted by molar-refractivity contribution is 7.80. The molecule has 1 amide bonds. The Morgan fingerprint density at radius 1 is 1.06 bits per heavy atom. The van der Waals surface area contributed by atoms with Gasteiger partial charge < -0.3 is 10.1 Å². The Balaban J connectivity index is 1.39. The van der Waals surface area contributed by atoms with Crippen LogP contribution in [-0.2, 0) is 0 Å². The summed E-state index contributed by atoms with van der Waals surface area (Å²) in [7, 11) is 1.54. The van der Waals surface area contributed by atoms with Crippen molar-refractivity contribution in [2.45, 2.75) is 6.92 Å². The standard InChI is InChI=1S/C23H18N6O2S2/c1-13-26-27-23-29(13)28-21(33-23)16-9-5-6-10-18(16)24-22(32)25-20(30)17-11-14-7-3-4-8-15(14)12-19(17)31-2/h3-12H,1-2H3,(H2,24,25,30,32). The first-order valence-corrected chi connectivity index (χ1v) is 11.2. The van der Waals surface area contributed by atoms with Crippen LogP contribution >= 0.6 is 23.6 Å². The smallest absolute Gasteiger partial charge is 0.261 e. The van der Waals surface area contributed by atoms with Gasteiger partial charge in [0.05, 0.1) is 18.4 Å². The minimum absolute atomic E-state index is 0.168. The lowest BCUT2D eigenvalue weighted by atomic mass is 10.1. The van der Waals surface area contributed by atoms with Gasteiger partial charge in [-0.05, 0) is 54.2 Å². The number of fused-ring (bicyclic) bond motifs is 2. The number of hydrogen-bond donors (Lipinski definition) is 2. The third-order valence-electron chi connectivity index (χ3n) is 5.09. The molecule has 3 aromatic carbocycles. The molecule has 0 saturated heterocycles. The number of nitrogens with one attached hydrogen (secondary N) is 2. The maximum absolute atomic E-state index is 13.0. The molecule has 10 heteroatoms. The van der Waals surface area contributed by atoms with Gasteiger partial charge in [-0.2, -0.15) is 9.61 Å². The number of methoxy groups -OCH3 is 1. The summed E-state index contributed by atoms with van der Waals surface area (Å²) in [6.45, 7) is 1.85. The zero-order valence-electron chi connectivity index (χ0n) is 17.7. The second-order valence-electron chi connectivity index (χ2n) is 7.20. The first kappa shape index (κ1) is 21.0. The van der Waals surface area contributed by atoms with Crippen LogP contribution in [0.2, 0.25) is 0 Å². The maximum Gasteiger partial charge on any atom is 0.261 e. The maximum atomic E-state index is 13.0. The molecule has 5 rings (SSSR count). The summed E-state index contributed by atoms with van der Waals surface area (Å²) >= 11 is 6.86. The summed E-state index contributed by atoms with van der Waals surface area (Å²) in [6.07, 6.45) is 0. The van der Waals surface area contributed by atoms with Crippen molar-refractivity contribution in [1.82, 2.24) is 25.1 Å². The lowest BCUT2D eigenvalue weighted by Crippen LogP contribution is -2.34. The highest BCUT2D eigenvalue weighted by Crippen LogP contribution is 2.31. The van der Waals surface area contributed by atoms with E-state index in [9.17, 15) is 4.79 Å². The van der Waals surface area contributed by atoms with Crippen molar-refractivity contribution < 1.29 is 9.53 Å². The van der Waals surface area contributed by atoms with Gasteiger partial charge in [0.1, 0.15) is 10.8 Å². The van der Waals surface area contributed by atoms with Crippen molar-refractivity contribution in [3.8, 4) is 16.3 Å². The van der Waals surface area contributed by atoms with Gasteiger partial charge in [0.25, 0.3) is 5.91 Å². The lowest BCUT2D eigenvalue weighted by molar-refractivity contribution is 0.0975. The fraction of sp³-hybridized carbons (Fsp3) is 0.0870. The second kappa shape index (κ2) is 8.57. The Kier molecular flexibility index (Phi) is 5.45. The fourth-order valence-corrected chi connectivity index (χ4v) is 4.62. The van der Waals surface area contributed by atoms with Gasteiger partial charge in [0, 0.05) is 5.56 Å². The van der Waals surface area contributed by atoms with Gasteiger partial charge in [0.2, 0.25) is 4.96 Å². The number of thiocarbonyl (C=S) groups is 1. The number of ether oxygens (including phenoxy) is 1. The topological polar surface area (TPSA) is 93.4 Å². The van der Waals surface area contributed by atoms with Crippen LogP contribution < -0.4 is 15.4 Å². The number of nitrogens with zero attached hydrogens (tertiary/aromatic N) is 4. The Bertz CT molecular complexity index is 1520. The van der Waals surface area contributed by atoms with Crippen LogP contribution in [0.15, 0.2) is 60.7 Å². The molecule has 0 unspecified atom stereocenters. The van der Waals surface area contributed by atoms with Crippen LogP contribution in [-0.4, -0.2) is 37.9 Å². The quantitative estimate of drug-likeness (QED) is 0.372. The number of anilines is 1. The SMILES string of the molecule is COc1cc2ccccc2cc1C(=O)NC(=S)Nc1ccccc1-c1nn2c(C)nnc2s1. The summed E-state index contributed by atoms with van der Waals surface area (Å²) in [5, 5.41) is 21.5. The van der Waals surface area contributed by atoms with E-state index < -0.39 is 0 Å². The van der Waals surface area contributed by atoms with E-state index in [1.54, 1.807) is 10.6 Å². The molecular weight excluding hydrogens is 456 g/mol. The van der Waals surface area contributed by atoms with E-state index >= 15 is 0 Å². The van der Waals surface area contributed by atoms with Crippen LogP contribution in [0.3, 0.4) is 0 Å². The van der Waals surface area contributed by atoms with Gasteiger partial charge >= 0.3 is 0 Å². The Morgan fingerprint density at radius 2 is 1.79 bits per heavy atom. The predicted molar refractivity (Wildman–Crippen MR) is 133 cm³/mol. The lowest BCUT2D eigenvalue weighted by Gasteiger charge is -2.14. The number of rotatable bonds is 4. The average Bonchev–Trinajstić information content (AvgIpc) is 3.40. The first-order valence-electron chi connectivity index (χ1n) is 10.0. The van der Waals surface area contributed by atoms with Crippen LogP contribution in [0.4, 0.5) is 5.69 Å². The van der Waals surface area contributed by atoms with E-state index in [2.05, 4.69) is 25.9 Å². The minimum atomic E-state index is -0.359. The molecule has 0 fully saturated rings. The summed E-state index contributed by atoms with van der Waals surface area (Å²) in [5.41, 5.74) is 1.96. The molecular formula is C23H18N6O2S2. The van der Waals surface area contributed by atoms with Crippen molar-refractivity contribution in [3.63, 3.8) is 0 Å². The van der Waals surface area contributed by atoms with E-state index in [0.29, 0.717) is 22.1 Å². The molecule has 0 aliphatic rings. The molecule has 0 saturated carbocycles. The van der Waals surface area contributed by atoms with Crippen molar-refractivity contribution in [1.29, 1.82) is 0 Å². The Morgan fingerprint density at radius 3 is 2.55 bits per heavy atom. The molecule has 2 heterocycles. The molecule has 0 spiro atoms. The van der Waals surface area contributed by atoms with Gasteiger partial charge in [-0.1, -0.05) is 47.7 Å². The van der Waals surface area contributed by atoms with E-state index in [-0.39, 0.29) is 11.0 Å². The highest BCUT2D eigenvalue weighted by Gasteiger charge is 2.17. The number of amides is 1. The van der Waals surface area contributed by atoms with Crippen LogP contribution in [0.5, 0.6) is 5.75 Å². The number of carbonyl (C=O) groups is 1. The van der Waals surface area contributed by atoms with E-state index in [0.717, 1.165) is 27.0 Å². The molecule has 0 bridgehead atoms. The monoisotopic (exact) mass is 474 g/mol. The number of aromatic nitrogens is 4. The molecule has 164 valence electrons. The molecule has 2 N–H and O–H groups in total. The summed E-state index contributed by atoms with van der Waals surface area (Å²) < 4.78 is 7.13. The molecule has 33 heavy (non-hydrogen) atoms. The molecule has 5 aromatic rings. The van der Waals surface area contributed by atoms with Crippen molar-refractivity contribution in [3.05, 3.63) is 72.1 Å². The number of carbonyl (C=O) groups excluding carboxylic acids is 1. The normalized spacial score (nSPS) is 11.0. The minimum Gasteiger partial charge on any atom is -0.496 e. The molecule has 2 aromatic heterocycles. The molecule has 0 aliphatic heterocycles. The number of hydrogen-bond acceptors (Lipinski definition) is 7. The van der Waals surface area contributed by atoms with Gasteiger partial charge in [-0.25, -0.2) is 0 Å². The molecule has 8 nitrogen and oxygen atoms in total. The third kappa shape index (κ3) is 4.01. The first-order chi connectivity index (χ1) is 16.0. The molecule has 0 atom stereocenters. The van der Waals surface area contributed by atoms with Crippen molar-refractivity contribution in [2.24, 2.45) is 0 Å². The number of benzene rings is 3. The van der Waals surface area contributed by atoms with E-state index in [1.807, 2.05) is 61.5 Å². The van der Waals surface area contributed by atoms with Crippen molar-refractivity contribution >= 4 is 56.0 Å². The fourth-order valence-electron chi connectivity index (χ4n) is 3.49. The molecule has 0 radical (unpaired) electrons. The Labute approximate surface area is 198 Å². The largest absolute Gasteiger partial charge is 0.496 e. The van der Waals surface area contributed by atoms with Gasteiger partial charge in [-0.3, -0.25) is 10.1 Å². The molecule has 0 aliphatic carbocycles. The van der Waals surface area contributed by atoms with Crippen LogP contribution in [0.1, 0.15) is 16.2 Å². The van der Waals surface area contributed by atoms with E-state index in [4.69, 9.17) is 17.0 Å². The zero-order valence-corrected chi connectivity index (χ0v) is 19.3. The third-order valence-corrected chi connectivity index (χ3v) is 6.23. The summed E-state index contributed by atoms with van der Waals surface area (Å²) in [5.74, 6) is 0.830. The number of para-hydroxylation sites is 1. The van der Waals surface area contributed by atoms with Gasteiger partial charge in [-0.15, -0.1) is 10.2 Å². The predicted octanol–water partition coefficient (Wildman–Crippen LogP) is 4.45. The van der Waals surface area contributed by atoms with Crippen LogP contribution in [0, 0.1) is 6.92 Å². The van der Waals surface area contributed by atoms with Crippen LogP contribution in [0.25, 0.3) is 26.3 Å². The second-order valence-corrected chi connectivity index (χ2v) is 8.57. The summed E-state index contributed by atoms with van der Waals surface area (Å²) in [4.78, 5) is 13.7.